The average molecular weight is 244 g/mol. The first-order chi connectivity index (χ1) is 8.79. The third-order valence-corrected chi connectivity index (χ3v) is 2.61. The molecular weight excluding hydrogens is 228 g/mol. The van der Waals surface area contributed by atoms with E-state index in [2.05, 4.69) is 0 Å². The van der Waals surface area contributed by atoms with Crippen molar-refractivity contribution in [3.8, 4) is 16.9 Å². The van der Waals surface area contributed by atoms with Crippen molar-refractivity contribution in [2.75, 3.05) is 13.2 Å². The van der Waals surface area contributed by atoms with Crippen LogP contribution < -0.4 is 4.74 Å². The third kappa shape index (κ3) is 3.32. The van der Waals surface area contributed by atoms with E-state index in [9.17, 15) is 5.11 Å². The van der Waals surface area contributed by atoms with Gasteiger partial charge in [-0.25, -0.2) is 0 Å². The molecule has 0 aliphatic rings. The number of hydrogen-bond acceptors (Lipinski definition) is 3. The normalized spacial score (nSPS) is 12.1. The highest BCUT2D eigenvalue weighted by molar-refractivity contribution is 5.63. The molecule has 18 heavy (non-hydrogen) atoms. The molecule has 0 saturated heterocycles. The Morgan fingerprint density at radius 1 is 0.889 bits per heavy atom. The van der Waals surface area contributed by atoms with E-state index in [1.807, 2.05) is 54.6 Å². The Bertz CT molecular complexity index is 465. The molecule has 2 N–H and O–H groups in total. The number of rotatable bonds is 5. The molecule has 0 amide bonds. The molecule has 0 aliphatic carbocycles. The second-order valence-corrected chi connectivity index (χ2v) is 4.04. The largest absolute Gasteiger partial charge is 0.491 e. The summed E-state index contributed by atoms with van der Waals surface area (Å²) in [5.74, 6) is 0.683. The zero-order valence-corrected chi connectivity index (χ0v) is 9.99. The van der Waals surface area contributed by atoms with E-state index in [0.717, 1.165) is 11.1 Å². The van der Waals surface area contributed by atoms with Crippen LogP contribution in [0.3, 0.4) is 0 Å². The fourth-order valence-electron chi connectivity index (χ4n) is 1.62. The molecule has 0 spiro atoms. The molecule has 0 bridgehead atoms. The van der Waals surface area contributed by atoms with Gasteiger partial charge >= 0.3 is 0 Å². The van der Waals surface area contributed by atoms with E-state index < -0.39 is 6.10 Å². The van der Waals surface area contributed by atoms with Gasteiger partial charge in [0.05, 0.1) is 6.61 Å². The Morgan fingerprint density at radius 3 is 2.11 bits per heavy atom. The molecule has 0 radical (unpaired) electrons. The summed E-state index contributed by atoms with van der Waals surface area (Å²) in [6.45, 7) is -0.191. The first kappa shape index (κ1) is 12.6. The SMILES string of the molecule is OCC(O)COc1ccc(-c2ccccc2)cc1. The lowest BCUT2D eigenvalue weighted by atomic mass is 10.1. The van der Waals surface area contributed by atoms with Crippen LogP contribution in [0.4, 0.5) is 0 Å². The molecule has 0 aliphatic heterocycles. The molecule has 2 rings (SSSR count). The zero-order valence-electron chi connectivity index (χ0n) is 9.99. The summed E-state index contributed by atoms with van der Waals surface area (Å²) in [6, 6.07) is 17.7. The van der Waals surface area contributed by atoms with Crippen LogP contribution in [0, 0.1) is 0 Å². The molecule has 1 atom stereocenters. The first-order valence-corrected chi connectivity index (χ1v) is 5.87. The van der Waals surface area contributed by atoms with Gasteiger partial charge in [0.2, 0.25) is 0 Å². The highest BCUT2D eigenvalue weighted by Gasteiger charge is 2.03. The van der Waals surface area contributed by atoms with Gasteiger partial charge in [-0.3, -0.25) is 0 Å². The predicted octanol–water partition coefficient (Wildman–Crippen LogP) is 2.09. The van der Waals surface area contributed by atoms with Gasteiger partial charge in [0.25, 0.3) is 0 Å². The van der Waals surface area contributed by atoms with E-state index in [-0.39, 0.29) is 13.2 Å². The molecule has 3 heteroatoms. The maximum absolute atomic E-state index is 9.18. The monoisotopic (exact) mass is 244 g/mol. The minimum atomic E-state index is -0.834. The van der Waals surface area contributed by atoms with Crippen molar-refractivity contribution in [1.82, 2.24) is 0 Å². The number of benzene rings is 2. The maximum Gasteiger partial charge on any atom is 0.119 e. The molecule has 0 aromatic heterocycles. The van der Waals surface area contributed by atoms with Crippen LogP contribution in [0.25, 0.3) is 11.1 Å². The number of aliphatic hydroxyl groups excluding tert-OH is 2. The highest BCUT2D eigenvalue weighted by atomic mass is 16.5. The second-order valence-electron chi connectivity index (χ2n) is 4.04. The van der Waals surface area contributed by atoms with Crippen molar-refractivity contribution in [2.24, 2.45) is 0 Å². The Hall–Kier alpha value is -1.84. The van der Waals surface area contributed by atoms with Crippen LogP contribution in [0.15, 0.2) is 54.6 Å². The lowest BCUT2D eigenvalue weighted by Gasteiger charge is -2.10. The van der Waals surface area contributed by atoms with Gasteiger partial charge in [0.15, 0.2) is 0 Å². The Labute approximate surface area is 106 Å². The van der Waals surface area contributed by atoms with Crippen LogP contribution in [-0.2, 0) is 0 Å². The lowest BCUT2D eigenvalue weighted by Crippen LogP contribution is -2.21. The van der Waals surface area contributed by atoms with Gasteiger partial charge in [-0.1, -0.05) is 42.5 Å². The molecule has 0 heterocycles. The van der Waals surface area contributed by atoms with E-state index >= 15 is 0 Å². The molecule has 0 fully saturated rings. The summed E-state index contributed by atoms with van der Waals surface area (Å²) < 4.78 is 5.34. The fraction of sp³-hybridized carbons (Fsp3) is 0.200. The van der Waals surface area contributed by atoms with Crippen molar-refractivity contribution in [2.45, 2.75) is 6.10 Å². The summed E-state index contributed by atoms with van der Waals surface area (Å²) in [6.07, 6.45) is -0.834. The maximum atomic E-state index is 9.18. The number of ether oxygens (including phenoxy) is 1. The molecule has 2 aromatic carbocycles. The molecular formula is C15H16O3. The van der Waals surface area contributed by atoms with Crippen molar-refractivity contribution in [3.63, 3.8) is 0 Å². The van der Waals surface area contributed by atoms with Gasteiger partial charge in [0, 0.05) is 0 Å². The Morgan fingerprint density at radius 2 is 1.50 bits per heavy atom. The molecule has 2 aromatic rings. The first-order valence-electron chi connectivity index (χ1n) is 5.87. The highest BCUT2D eigenvalue weighted by Crippen LogP contribution is 2.21. The summed E-state index contributed by atoms with van der Waals surface area (Å²) in [7, 11) is 0. The van der Waals surface area contributed by atoms with Crippen LogP contribution >= 0.6 is 0 Å². The van der Waals surface area contributed by atoms with Gasteiger partial charge in [0.1, 0.15) is 18.5 Å². The lowest BCUT2D eigenvalue weighted by molar-refractivity contribution is 0.0536. The van der Waals surface area contributed by atoms with Gasteiger partial charge in [-0.15, -0.1) is 0 Å². The smallest absolute Gasteiger partial charge is 0.119 e. The average Bonchev–Trinajstić information content (AvgIpc) is 2.46. The molecule has 3 nitrogen and oxygen atoms in total. The van der Waals surface area contributed by atoms with Gasteiger partial charge in [-0.2, -0.15) is 0 Å². The predicted molar refractivity (Wildman–Crippen MR) is 70.5 cm³/mol. The summed E-state index contributed by atoms with van der Waals surface area (Å²) in [4.78, 5) is 0. The topological polar surface area (TPSA) is 49.7 Å². The van der Waals surface area contributed by atoms with E-state index in [1.54, 1.807) is 0 Å². The molecule has 94 valence electrons. The van der Waals surface area contributed by atoms with E-state index in [0.29, 0.717) is 5.75 Å². The van der Waals surface area contributed by atoms with Crippen LogP contribution in [0.2, 0.25) is 0 Å². The van der Waals surface area contributed by atoms with Crippen LogP contribution in [-0.4, -0.2) is 29.5 Å². The summed E-state index contributed by atoms with van der Waals surface area (Å²) in [5.41, 5.74) is 2.27. The van der Waals surface area contributed by atoms with E-state index in [1.165, 1.54) is 0 Å². The zero-order chi connectivity index (χ0) is 12.8. The summed E-state index contributed by atoms with van der Waals surface area (Å²) in [5, 5.41) is 17.9. The van der Waals surface area contributed by atoms with Crippen LogP contribution in [0.5, 0.6) is 5.75 Å². The Balaban J connectivity index is 2.02. The van der Waals surface area contributed by atoms with Crippen LogP contribution in [0.1, 0.15) is 0 Å². The van der Waals surface area contributed by atoms with Crippen molar-refractivity contribution >= 4 is 0 Å². The standard InChI is InChI=1S/C15H16O3/c16-10-14(17)11-18-15-8-6-13(7-9-15)12-4-2-1-3-5-12/h1-9,14,16-17H,10-11H2. The van der Waals surface area contributed by atoms with Crippen molar-refractivity contribution in [1.29, 1.82) is 0 Å². The second kappa shape index (κ2) is 6.19. The van der Waals surface area contributed by atoms with Crippen molar-refractivity contribution < 1.29 is 14.9 Å². The Kier molecular flexibility index (Phi) is 4.34. The summed E-state index contributed by atoms with van der Waals surface area (Å²) >= 11 is 0. The number of hydrogen-bond donors (Lipinski definition) is 2. The number of aliphatic hydroxyl groups is 2. The molecule has 0 saturated carbocycles. The van der Waals surface area contributed by atoms with E-state index in [4.69, 9.17) is 9.84 Å². The minimum absolute atomic E-state index is 0.0984. The molecule has 1 unspecified atom stereocenters. The quantitative estimate of drug-likeness (QED) is 0.846. The minimum Gasteiger partial charge on any atom is -0.491 e. The van der Waals surface area contributed by atoms with Gasteiger partial charge < -0.3 is 14.9 Å². The van der Waals surface area contributed by atoms with Gasteiger partial charge in [-0.05, 0) is 23.3 Å². The van der Waals surface area contributed by atoms with Crippen molar-refractivity contribution in [3.05, 3.63) is 54.6 Å². The third-order valence-electron chi connectivity index (χ3n) is 2.61. The fourth-order valence-corrected chi connectivity index (χ4v) is 1.62.